The Morgan fingerprint density at radius 3 is 2.47 bits per heavy atom. The van der Waals surface area contributed by atoms with Crippen molar-refractivity contribution in [3.05, 3.63) is 48.6 Å². The van der Waals surface area contributed by atoms with Crippen molar-refractivity contribution in [3.63, 3.8) is 0 Å². The predicted octanol–water partition coefficient (Wildman–Crippen LogP) is 3.18. The van der Waals surface area contributed by atoms with Gasteiger partial charge < -0.3 is 0 Å². The Labute approximate surface area is 93.5 Å². The molecule has 2 atom stereocenters. The largest absolute Gasteiger partial charge is 0.299 e. The summed E-state index contributed by atoms with van der Waals surface area (Å²) in [5.41, 5.74) is 2.33. The van der Waals surface area contributed by atoms with E-state index in [-0.39, 0.29) is 0 Å². The van der Waals surface area contributed by atoms with Gasteiger partial charge in [-0.25, -0.2) is 0 Å². The van der Waals surface area contributed by atoms with Gasteiger partial charge in [-0.2, -0.15) is 0 Å². The summed E-state index contributed by atoms with van der Waals surface area (Å²) in [5.74, 6) is 0.477. The van der Waals surface area contributed by atoms with Crippen molar-refractivity contribution in [3.8, 4) is 0 Å². The highest BCUT2D eigenvalue weighted by atomic mass is 15.1. The van der Waals surface area contributed by atoms with E-state index < -0.39 is 0 Å². The van der Waals surface area contributed by atoms with Gasteiger partial charge in [-0.3, -0.25) is 4.90 Å². The first-order valence-corrected chi connectivity index (χ1v) is 5.44. The summed E-state index contributed by atoms with van der Waals surface area (Å²) in [6.45, 7) is 13.5. The lowest BCUT2D eigenvalue weighted by molar-refractivity contribution is 0.235. The molecule has 0 saturated heterocycles. The quantitative estimate of drug-likeness (QED) is 0.584. The van der Waals surface area contributed by atoms with Gasteiger partial charge in [-0.15, -0.1) is 0 Å². The molecule has 0 N–H and O–H groups in total. The molecule has 1 heteroatoms. The van der Waals surface area contributed by atoms with Gasteiger partial charge in [0.15, 0.2) is 0 Å². The highest BCUT2D eigenvalue weighted by Crippen LogP contribution is 2.20. The topological polar surface area (TPSA) is 3.24 Å². The third kappa shape index (κ3) is 3.21. The lowest BCUT2D eigenvalue weighted by atomic mass is 9.93. The summed E-state index contributed by atoms with van der Waals surface area (Å²) in [5, 5.41) is 0. The predicted molar refractivity (Wildman–Crippen MR) is 67.8 cm³/mol. The maximum Gasteiger partial charge on any atom is 0.0227 e. The number of nitrogens with zero attached hydrogens (tertiary/aromatic N) is 1. The summed E-state index contributed by atoms with van der Waals surface area (Å²) in [6.07, 6.45) is 8.22. The first-order valence-electron chi connectivity index (χ1n) is 5.44. The first kappa shape index (κ1) is 12.0. The zero-order chi connectivity index (χ0) is 11.4. The molecule has 0 fully saturated rings. The fourth-order valence-electron chi connectivity index (χ4n) is 1.73. The van der Waals surface area contributed by atoms with Crippen LogP contribution in [0.1, 0.15) is 13.8 Å². The van der Waals surface area contributed by atoms with E-state index in [4.69, 9.17) is 0 Å². The Kier molecular flexibility index (Phi) is 4.10. The van der Waals surface area contributed by atoms with Crippen molar-refractivity contribution >= 4 is 0 Å². The maximum absolute atomic E-state index is 4.10. The van der Waals surface area contributed by atoms with Gasteiger partial charge in [0, 0.05) is 12.6 Å². The molecule has 82 valence electrons. The molecule has 1 heterocycles. The van der Waals surface area contributed by atoms with Gasteiger partial charge in [0.2, 0.25) is 0 Å². The zero-order valence-electron chi connectivity index (χ0n) is 10.0. The van der Waals surface area contributed by atoms with Gasteiger partial charge in [-0.05, 0) is 25.5 Å². The molecule has 1 nitrogen and oxygen atoms in total. The summed E-state index contributed by atoms with van der Waals surface area (Å²) in [4.78, 5) is 2.32. The Hall–Kier alpha value is -1.08. The number of hydrogen-bond donors (Lipinski definition) is 0. The molecule has 0 saturated carbocycles. The van der Waals surface area contributed by atoms with Crippen molar-refractivity contribution in [2.24, 2.45) is 5.92 Å². The summed E-state index contributed by atoms with van der Waals surface area (Å²) >= 11 is 0. The van der Waals surface area contributed by atoms with Crippen molar-refractivity contribution in [1.82, 2.24) is 4.90 Å². The number of likely N-dealkylation sites (N-methyl/N-ethyl adjacent to an activating group) is 1. The van der Waals surface area contributed by atoms with Crippen LogP contribution >= 0.6 is 0 Å². The molecule has 15 heavy (non-hydrogen) atoms. The van der Waals surface area contributed by atoms with Crippen LogP contribution in [0.3, 0.4) is 0 Å². The van der Waals surface area contributed by atoms with Gasteiger partial charge in [0.05, 0.1) is 0 Å². The minimum absolute atomic E-state index is 0.477. The smallest absolute Gasteiger partial charge is 0.0227 e. The van der Waals surface area contributed by atoms with E-state index in [1.54, 1.807) is 0 Å². The van der Waals surface area contributed by atoms with Gasteiger partial charge in [-0.1, -0.05) is 50.0 Å². The zero-order valence-corrected chi connectivity index (χ0v) is 10.0. The lowest BCUT2D eigenvalue weighted by Crippen LogP contribution is -2.36. The average Bonchev–Trinajstić information content (AvgIpc) is 2.20. The Bertz CT molecular complexity index is 309. The molecule has 0 radical (unpaired) electrons. The van der Waals surface area contributed by atoms with E-state index in [1.807, 2.05) is 12.2 Å². The molecule has 1 aliphatic heterocycles. The Morgan fingerprint density at radius 2 is 1.80 bits per heavy atom. The SMILES string of the molecule is C=C1/C=C\C=C/C(=C)C(C)C(C)N(C)C1. The van der Waals surface area contributed by atoms with E-state index in [2.05, 4.69) is 51.1 Å². The van der Waals surface area contributed by atoms with Crippen LogP contribution in [0, 0.1) is 5.92 Å². The van der Waals surface area contributed by atoms with Crippen LogP contribution in [0.2, 0.25) is 0 Å². The molecule has 0 aliphatic carbocycles. The van der Waals surface area contributed by atoms with Gasteiger partial charge in [0.1, 0.15) is 0 Å². The standard InChI is InChI=1S/C14H21N/c1-11-8-6-7-9-12(2)13(3)14(4)15(5)10-11/h6-9,13-14H,1-2,10H2,3-5H3/b8-6-,9-7-. The normalized spacial score (nSPS) is 33.8. The molecule has 1 rings (SSSR count). The molecule has 0 aromatic carbocycles. The second-order valence-electron chi connectivity index (χ2n) is 4.40. The van der Waals surface area contributed by atoms with Gasteiger partial charge >= 0.3 is 0 Å². The minimum Gasteiger partial charge on any atom is -0.299 e. The molecule has 0 bridgehead atoms. The second kappa shape index (κ2) is 5.13. The van der Waals surface area contributed by atoms with Crippen LogP contribution in [0.15, 0.2) is 48.6 Å². The fourth-order valence-corrected chi connectivity index (χ4v) is 1.73. The summed E-state index contributed by atoms with van der Waals surface area (Å²) in [7, 11) is 2.14. The van der Waals surface area contributed by atoms with Crippen molar-refractivity contribution in [2.45, 2.75) is 19.9 Å². The third-order valence-corrected chi connectivity index (χ3v) is 3.21. The van der Waals surface area contributed by atoms with E-state index >= 15 is 0 Å². The number of rotatable bonds is 0. The van der Waals surface area contributed by atoms with E-state index in [1.165, 1.54) is 5.57 Å². The third-order valence-electron chi connectivity index (χ3n) is 3.21. The van der Waals surface area contributed by atoms with Crippen molar-refractivity contribution < 1.29 is 0 Å². The van der Waals surface area contributed by atoms with Crippen molar-refractivity contribution in [2.75, 3.05) is 13.6 Å². The highest BCUT2D eigenvalue weighted by molar-refractivity contribution is 5.27. The molecule has 0 aromatic heterocycles. The molecule has 0 aromatic rings. The fraction of sp³-hybridized carbons (Fsp3) is 0.429. The van der Waals surface area contributed by atoms with Gasteiger partial charge in [0.25, 0.3) is 0 Å². The van der Waals surface area contributed by atoms with Crippen LogP contribution in [-0.4, -0.2) is 24.5 Å². The van der Waals surface area contributed by atoms with Crippen LogP contribution in [0.4, 0.5) is 0 Å². The molecular weight excluding hydrogens is 182 g/mol. The summed E-state index contributed by atoms with van der Waals surface area (Å²) < 4.78 is 0. The van der Waals surface area contributed by atoms with E-state index in [0.717, 1.165) is 12.1 Å². The number of allylic oxidation sites excluding steroid dienone is 3. The van der Waals surface area contributed by atoms with Crippen LogP contribution in [0.5, 0.6) is 0 Å². The molecule has 2 unspecified atom stereocenters. The van der Waals surface area contributed by atoms with Crippen LogP contribution < -0.4 is 0 Å². The molecule has 0 spiro atoms. The van der Waals surface area contributed by atoms with Crippen molar-refractivity contribution in [1.29, 1.82) is 0 Å². The van der Waals surface area contributed by atoms with Crippen LogP contribution in [0.25, 0.3) is 0 Å². The van der Waals surface area contributed by atoms with E-state index in [9.17, 15) is 0 Å². The van der Waals surface area contributed by atoms with Crippen LogP contribution in [-0.2, 0) is 0 Å². The second-order valence-corrected chi connectivity index (χ2v) is 4.40. The Balaban J connectivity index is 2.91. The monoisotopic (exact) mass is 203 g/mol. The number of hydrogen-bond acceptors (Lipinski definition) is 1. The molecular formula is C14H21N. The molecule has 0 amide bonds. The average molecular weight is 203 g/mol. The Morgan fingerprint density at radius 1 is 1.20 bits per heavy atom. The van der Waals surface area contributed by atoms with E-state index in [0.29, 0.717) is 12.0 Å². The maximum atomic E-state index is 4.10. The first-order chi connectivity index (χ1) is 7.02. The summed E-state index contributed by atoms with van der Waals surface area (Å²) in [6, 6.07) is 0.491. The highest BCUT2D eigenvalue weighted by Gasteiger charge is 2.18. The molecule has 1 aliphatic rings. The minimum atomic E-state index is 0.477. The lowest BCUT2D eigenvalue weighted by Gasteiger charge is -2.30.